The van der Waals surface area contributed by atoms with Crippen LogP contribution in [0.15, 0.2) is 34.1 Å². The molecule has 0 spiro atoms. The molecular formula is C14H10F2N2O4S2. The van der Waals surface area contributed by atoms with E-state index in [-0.39, 0.29) is 16.1 Å². The number of nitrogens with zero attached hydrogens (tertiary/aromatic N) is 2. The number of benzene rings is 2. The topological polar surface area (TPSA) is 86.3 Å². The van der Waals surface area contributed by atoms with Gasteiger partial charge in [0.1, 0.15) is 5.82 Å². The molecule has 6 nitrogen and oxygen atoms in total. The lowest BCUT2D eigenvalue weighted by Gasteiger charge is -2.07. The average Bonchev–Trinajstić information content (AvgIpc) is 2.47. The minimum atomic E-state index is -0.955. The van der Waals surface area contributed by atoms with Crippen LogP contribution in [-0.2, 0) is 0 Å². The summed E-state index contributed by atoms with van der Waals surface area (Å²) in [7, 11) is 1.84. The number of nitro groups is 2. The summed E-state index contributed by atoms with van der Waals surface area (Å²) in [6.45, 7) is 2.99. The van der Waals surface area contributed by atoms with Gasteiger partial charge in [0.2, 0.25) is 5.82 Å². The number of halogens is 2. The molecule has 0 aliphatic rings. The molecule has 0 radical (unpaired) electrons. The first kappa shape index (κ1) is 18.1. The van der Waals surface area contributed by atoms with E-state index in [1.807, 2.05) is 0 Å². The molecule has 0 atom stereocenters. The molecule has 2 aromatic rings. The molecule has 0 unspecified atom stereocenters. The van der Waals surface area contributed by atoms with Gasteiger partial charge in [-0.05, 0) is 42.3 Å². The predicted octanol–water partition coefficient (Wildman–Crippen LogP) is 5.20. The Morgan fingerprint density at radius 2 is 1.29 bits per heavy atom. The third-order valence-corrected chi connectivity index (χ3v) is 5.63. The van der Waals surface area contributed by atoms with Gasteiger partial charge in [-0.3, -0.25) is 20.2 Å². The smallest absolute Gasteiger partial charge is 0.258 e. The minimum Gasteiger partial charge on any atom is -0.258 e. The zero-order valence-electron chi connectivity index (χ0n) is 12.4. The molecule has 0 heterocycles. The fourth-order valence-electron chi connectivity index (χ4n) is 1.86. The Balaban J connectivity index is 2.32. The summed E-state index contributed by atoms with van der Waals surface area (Å²) in [4.78, 5) is 20.6. The molecule has 0 aliphatic carbocycles. The second kappa shape index (κ2) is 7.14. The lowest BCUT2D eigenvalue weighted by molar-refractivity contribution is -0.387. The SMILES string of the molecule is Cc1cc(F)c([N+](=O)[O-])cc1SSc1cc([N+](=O)[O-])c(C)cc1F. The van der Waals surface area contributed by atoms with Crippen molar-refractivity contribution in [1.29, 1.82) is 0 Å². The van der Waals surface area contributed by atoms with Gasteiger partial charge in [-0.1, -0.05) is 10.8 Å². The molecule has 2 aromatic carbocycles. The van der Waals surface area contributed by atoms with Crippen molar-refractivity contribution in [2.75, 3.05) is 0 Å². The van der Waals surface area contributed by atoms with Crippen molar-refractivity contribution >= 4 is 33.0 Å². The van der Waals surface area contributed by atoms with Crippen LogP contribution >= 0.6 is 21.6 Å². The number of hydrogen-bond acceptors (Lipinski definition) is 6. The van der Waals surface area contributed by atoms with Gasteiger partial charge in [0.15, 0.2) is 0 Å². The van der Waals surface area contributed by atoms with Gasteiger partial charge in [-0.15, -0.1) is 0 Å². The van der Waals surface area contributed by atoms with Crippen LogP contribution in [0, 0.1) is 45.7 Å². The maximum Gasteiger partial charge on any atom is 0.305 e. The van der Waals surface area contributed by atoms with E-state index in [1.165, 1.54) is 6.92 Å². The Hall–Kier alpha value is -2.20. The largest absolute Gasteiger partial charge is 0.305 e. The van der Waals surface area contributed by atoms with Crippen LogP contribution in [0.2, 0.25) is 0 Å². The van der Waals surface area contributed by atoms with Crippen molar-refractivity contribution in [3.8, 4) is 0 Å². The van der Waals surface area contributed by atoms with E-state index < -0.39 is 27.2 Å². The highest BCUT2D eigenvalue weighted by atomic mass is 33.1. The van der Waals surface area contributed by atoms with Crippen LogP contribution in [0.1, 0.15) is 11.1 Å². The Morgan fingerprint density at radius 3 is 1.88 bits per heavy atom. The van der Waals surface area contributed by atoms with Crippen LogP contribution in [0.3, 0.4) is 0 Å². The highest BCUT2D eigenvalue weighted by molar-refractivity contribution is 8.76. The quantitative estimate of drug-likeness (QED) is 0.407. The van der Waals surface area contributed by atoms with Crippen molar-refractivity contribution in [3.63, 3.8) is 0 Å². The Morgan fingerprint density at radius 1 is 0.792 bits per heavy atom. The van der Waals surface area contributed by atoms with Crippen LogP contribution in [-0.4, -0.2) is 9.85 Å². The van der Waals surface area contributed by atoms with E-state index in [2.05, 4.69) is 0 Å². The molecular weight excluding hydrogens is 362 g/mol. The van der Waals surface area contributed by atoms with E-state index in [0.717, 1.165) is 45.9 Å². The highest BCUT2D eigenvalue weighted by Gasteiger charge is 2.19. The molecule has 0 amide bonds. The molecule has 0 aliphatic heterocycles. The molecule has 0 saturated heterocycles. The van der Waals surface area contributed by atoms with E-state index in [4.69, 9.17) is 0 Å². The maximum absolute atomic E-state index is 13.9. The normalized spacial score (nSPS) is 10.7. The zero-order valence-corrected chi connectivity index (χ0v) is 14.0. The Kier molecular flexibility index (Phi) is 5.40. The second-order valence-corrected chi connectivity index (χ2v) is 7.03. The lowest BCUT2D eigenvalue weighted by atomic mass is 10.2. The van der Waals surface area contributed by atoms with Gasteiger partial charge in [0.25, 0.3) is 5.69 Å². The molecule has 10 heteroatoms. The molecule has 0 N–H and O–H groups in total. The highest BCUT2D eigenvalue weighted by Crippen LogP contribution is 2.43. The van der Waals surface area contributed by atoms with Crippen LogP contribution in [0.5, 0.6) is 0 Å². The van der Waals surface area contributed by atoms with Crippen molar-refractivity contribution in [2.45, 2.75) is 23.6 Å². The second-order valence-electron chi connectivity index (χ2n) is 4.82. The number of rotatable bonds is 5. The van der Waals surface area contributed by atoms with Crippen LogP contribution in [0.25, 0.3) is 0 Å². The average molecular weight is 372 g/mol. The molecule has 2 rings (SSSR count). The number of nitro benzene ring substituents is 2. The summed E-state index contributed by atoms with van der Waals surface area (Å²) >= 11 is 0. The zero-order chi connectivity index (χ0) is 18.0. The standard InChI is InChI=1S/C14H10F2N2O4S2/c1-7-3-10(16)14(5-11(7)17(19)20)24-23-13-6-12(18(21)22)9(15)4-8(13)2/h3-6H,1-2H3. The summed E-state index contributed by atoms with van der Waals surface area (Å²) in [6, 6.07) is 4.24. The van der Waals surface area contributed by atoms with Crippen molar-refractivity contribution in [3.05, 3.63) is 67.3 Å². The van der Waals surface area contributed by atoms with Crippen LogP contribution in [0.4, 0.5) is 20.2 Å². The third-order valence-electron chi connectivity index (χ3n) is 3.11. The first-order chi connectivity index (χ1) is 11.2. The fraction of sp³-hybridized carbons (Fsp3) is 0.143. The summed E-state index contributed by atoms with van der Waals surface area (Å²) < 4.78 is 27.4. The minimum absolute atomic E-state index is 0.0173. The molecule has 24 heavy (non-hydrogen) atoms. The van der Waals surface area contributed by atoms with Crippen molar-refractivity contribution < 1.29 is 18.6 Å². The first-order valence-electron chi connectivity index (χ1n) is 6.44. The van der Waals surface area contributed by atoms with Gasteiger partial charge in [-0.2, -0.15) is 4.39 Å². The molecule has 0 aromatic heterocycles. The molecule has 0 fully saturated rings. The summed E-state index contributed by atoms with van der Waals surface area (Å²) in [5.41, 5.74) is -0.265. The van der Waals surface area contributed by atoms with Crippen molar-refractivity contribution in [2.24, 2.45) is 0 Å². The van der Waals surface area contributed by atoms with E-state index in [9.17, 15) is 29.0 Å². The maximum atomic E-state index is 13.9. The van der Waals surface area contributed by atoms with Gasteiger partial charge in [-0.25, -0.2) is 4.39 Å². The van der Waals surface area contributed by atoms with Gasteiger partial charge < -0.3 is 0 Å². The van der Waals surface area contributed by atoms with Gasteiger partial charge in [0.05, 0.1) is 14.7 Å². The van der Waals surface area contributed by atoms with Crippen molar-refractivity contribution in [1.82, 2.24) is 0 Å². The van der Waals surface area contributed by atoms with E-state index >= 15 is 0 Å². The number of aryl methyl sites for hydroxylation is 2. The molecule has 0 saturated carbocycles. The summed E-state index contributed by atoms with van der Waals surface area (Å²) in [5, 5.41) is 21.7. The van der Waals surface area contributed by atoms with Gasteiger partial charge in [0, 0.05) is 22.6 Å². The predicted molar refractivity (Wildman–Crippen MR) is 87.3 cm³/mol. The fourth-order valence-corrected chi connectivity index (χ4v) is 4.15. The summed E-state index contributed by atoms with van der Waals surface area (Å²) in [5.74, 6) is -1.59. The van der Waals surface area contributed by atoms with Crippen LogP contribution < -0.4 is 0 Å². The monoisotopic (exact) mass is 372 g/mol. The first-order valence-corrected chi connectivity index (χ1v) is 8.59. The third kappa shape index (κ3) is 3.82. The van der Waals surface area contributed by atoms with E-state index in [1.54, 1.807) is 6.92 Å². The number of hydrogen-bond donors (Lipinski definition) is 0. The summed E-state index contributed by atoms with van der Waals surface area (Å²) in [6.07, 6.45) is 0. The van der Waals surface area contributed by atoms with Gasteiger partial charge >= 0.3 is 5.69 Å². The lowest BCUT2D eigenvalue weighted by Crippen LogP contribution is -1.95. The Labute approximate surface area is 143 Å². The Bertz CT molecular complexity index is 777. The molecule has 0 bridgehead atoms. The molecule has 126 valence electrons. The van der Waals surface area contributed by atoms with E-state index in [0.29, 0.717) is 10.5 Å².